The lowest BCUT2D eigenvalue weighted by Crippen LogP contribution is -2.34. The maximum absolute atomic E-state index is 12.5. The van der Waals surface area contributed by atoms with E-state index in [0.717, 1.165) is 28.2 Å². The minimum Gasteiger partial charge on any atom is -0.355 e. The van der Waals surface area contributed by atoms with Gasteiger partial charge in [-0.2, -0.15) is 0 Å². The Bertz CT molecular complexity index is 1010. The van der Waals surface area contributed by atoms with E-state index in [1.807, 2.05) is 37.3 Å². The van der Waals surface area contributed by atoms with E-state index in [-0.39, 0.29) is 17.7 Å². The first kappa shape index (κ1) is 20.3. The average Bonchev–Trinajstić information content (AvgIpc) is 3.35. The highest BCUT2D eigenvalue weighted by atomic mass is 32.1. The molecule has 0 radical (unpaired) electrons. The molecule has 30 heavy (non-hydrogen) atoms. The summed E-state index contributed by atoms with van der Waals surface area (Å²) in [5.41, 5.74) is 4.36. The number of likely N-dealkylation sites (tertiary alicyclic amines) is 1. The molecule has 0 bridgehead atoms. The summed E-state index contributed by atoms with van der Waals surface area (Å²) in [5.74, 6) is -0.253. The van der Waals surface area contributed by atoms with Gasteiger partial charge in [0.2, 0.25) is 11.8 Å². The Morgan fingerprint density at radius 1 is 1.13 bits per heavy atom. The van der Waals surface area contributed by atoms with Gasteiger partial charge in [0.1, 0.15) is 0 Å². The summed E-state index contributed by atoms with van der Waals surface area (Å²) in [6.07, 6.45) is 1.05. The number of rotatable bonds is 7. The molecule has 1 fully saturated rings. The number of thiazole rings is 1. The van der Waals surface area contributed by atoms with Crippen molar-refractivity contribution >= 4 is 23.2 Å². The van der Waals surface area contributed by atoms with Gasteiger partial charge in [0.15, 0.2) is 0 Å². The Balaban J connectivity index is 1.24. The standard InChI is InChI=1S/C24H25N3O2S/c1-17-26-22(16-30-17)20-9-7-18(8-10-20)11-12-25-24(29)21-13-23(28)27(15-21)14-19-5-3-2-4-6-19/h2-10,16,21H,11-15H2,1H3,(H,25,29). The minimum absolute atomic E-state index is 0.0338. The number of carbonyl (C=O) groups is 2. The predicted octanol–water partition coefficient (Wildman–Crippen LogP) is 3.83. The van der Waals surface area contributed by atoms with Crippen molar-refractivity contribution in [1.82, 2.24) is 15.2 Å². The molecule has 154 valence electrons. The molecule has 1 aromatic heterocycles. The fraction of sp³-hybridized carbons (Fsp3) is 0.292. The highest BCUT2D eigenvalue weighted by Gasteiger charge is 2.33. The van der Waals surface area contributed by atoms with Gasteiger partial charge in [0, 0.05) is 37.0 Å². The topological polar surface area (TPSA) is 62.3 Å². The summed E-state index contributed by atoms with van der Waals surface area (Å²) < 4.78 is 0. The average molecular weight is 420 g/mol. The molecule has 4 rings (SSSR count). The molecule has 6 heteroatoms. The quantitative estimate of drug-likeness (QED) is 0.633. The largest absolute Gasteiger partial charge is 0.355 e. The van der Waals surface area contributed by atoms with Gasteiger partial charge in [0.05, 0.1) is 16.6 Å². The number of aryl methyl sites for hydroxylation is 1. The molecular formula is C24H25N3O2S. The maximum atomic E-state index is 12.5. The van der Waals surface area contributed by atoms with Crippen molar-refractivity contribution in [3.63, 3.8) is 0 Å². The molecule has 1 unspecified atom stereocenters. The number of hydrogen-bond donors (Lipinski definition) is 1. The van der Waals surface area contributed by atoms with Crippen LogP contribution >= 0.6 is 11.3 Å². The summed E-state index contributed by atoms with van der Waals surface area (Å²) in [6.45, 7) is 3.62. The molecule has 0 aliphatic carbocycles. The normalized spacial score (nSPS) is 16.1. The zero-order valence-corrected chi connectivity index (χ0v) is 17.8. The number of hydrogen-bond acceptors (Lipinski definition) is 4. The lowest BCUT2D eigenvalue weighted by Gasteiger charge is -2.16. The molecule has 1 aliphatic rings. The number of aromatic nitrogens is 1. The summed E-state index contributed by atoms with van der Waals surface area (Å²) in [5, 5.41) is 6.12. The molecule has 2 aromatic carbocycles. The molecule has 1 saturated heterocycles. The molecule has 3 aromatic rings. The second-order valence-corrected chi connectivity index (χ2v) is 8.71. The molecule has 2 amide bonds. The van der Waals surface area contributed by atoms with Crippen molar-refractivity contribution < 1.29 is 9.59 Å². The second kappa shape index (κ2) is 9.22. The van der Waals surface area contributed by atoms with Crippen LogP contribution < -0.4 is 5.32 Å². The van der Waals surface area contributed by atoms with E-state index in [2.05, 4.69) is 39.9 Å². The number of carbonyl (C=O) groups excluding carboxylic acids is 2. The van der Waals surface area contributed by atoms with Gasteiger partial charge in [-0.05, 0) is 24.5 Å². The first-order chi connectivity index (χ1) is 14.6. The third-order valence-corrected chi connectivity index (χ3v) is 6.16. The lowest BCUT2D eigenvalue weighted by molar-refractivity contribution is -0.129. The lowest BCUT2D eigenvalue weighted by atomic mass is 10.1. The number of amides is 2. The molecule has 0 saturated carbocycles. The fourth-order valence-electron chi connectivity index (χ4n) is 3.72. The summed E-state index contributed by atoms with van der Waals surface area (Å²) >= 11 is 1.65. The van der Waals surface area contributed by atoms with E-state index in [4.69, 9.17) is 0 Å². The summed E-state index contributed by atoms with van der Waals surface area (Å²) in [7, 11) is 0. The van der Waals surface area contributed by atoms with Crippen molar-refractivity contribution in [3.8, 4) is 11.3 Å². The van der Waals surface area contributed by atoms with Gasteiger partial charge in [-0.15, -0.1) is 11.3 Å². The first-order valence-electron chi connectivity index (χ1n) is 10.2. The van der Waals surface area contributed by atoms with Crippen molar-refractivity contribution in [3.05, 3.63) is 76.1 Å². The highest BCUT2D eigenvalue weighted by Crippen LogP contribution is 2.22. The SMILES string of the molecule is Cc1nc(-c2ccc(CCNC(=O)C3CC(=O)N(Cc4ccccc4)C3)cc2)cs1. The Kier molecular flexibility index (Phi) is 6.23. The van der Waals surface area contributed by atoms with Crippen molar-refractivity contribution in [2.45, 2.75) is 26.3 Å². The van der Waals surface area contributed by atoms with Crippen LogP contribution in [0.15, 0.2) is 60.0 Å². The van der Waals surface area contributed by atoms with Crippen LogP contribution in [0.1, 0.15) is 22.6 Å². The Labute approximate surface area is 180 Å². The van der Waals surface area contributed by atoms with Gasteiger partial charge in [0.25, 0.3) is 0 Å². The van der Waals surface area contributed by atoms with E-state index in [1.54, 1.807) is 16.2 Å². The Morgan fingerprint density at radius 2 is 1.90 bits per heavy atom. The zero-order valence-electron chi connectivity index (χ0n) is 17.0. The van der Waals surface area contributed by atoms with E-state index < -0.39 is 0 Å². The number of benzene rings is 2. The van der Waals surface area contributed by atoms with Gasteiger partial charge in [-0.25, -0.2) is 4.98 Å². The van der Waals surface area contributed by atoms with Gasteiger partial charge >= 0.3 is 0 Å². The molecule has 2 heterocycles. The van der Waals surface area contributed by atoms with Crippen LogP contribution in [0, 0.1) is 12.8 Å². The molecule has 5 nitrogen and oxygen atoms in total. The van der Waals surface area contributed by atoms with Gasteiger partial charge in [-0.1, -0.05) is 54.6 Å². The van der Waals surface area contributed by atoms with E-state index in [1.165, 1.54) is 5.56 Å². The third kappa shape index (κ3) is 4.94. The molecular weight excluding hydrogens is 394 g/mol. The van der Waals surface area contributed by atoms with E-state index in [9.17, 15) is 9.59 Å². The van der Waals surface area contributed by atoms with Gasteiger partial charge in [-0.3, -0.25) is 9.59 Å². The predicted molar refractivity (Wildman–Crippen MR) is 119 cm³/mol. The Hall–Kier alpha value is -2.99. The monoisotopic (exact) mass is 419 g/mol. The Morgan fingerprint density at radius 3 is 2.60 bits per heavy atom. The van der Waals surface area contributed by atoms with E-state index in [0.29, 0.717) is 26.1 Å². The summed E-state index contributed by atoms with van der Waals surface area (Å²) in [4.78, 5) is 31.1. The molecule has 1 aliphatic heterocycles. The van der Waals surface area contributed by atoms with Crippen LogP contribution in [0.25, 0.3) is 11.3 Å². The zero-order chi connectivity index (χ0) is 20.9. The second-order valence-electron chi connectivity index (χ2n) is 7.65. The van der Waals surface area contributed by atoms with Crippen LogP contribution in [-0.4, -0.2) is 34.8 Å². The third-order valence-electron chi connectivity index (χ3n) is 5.38. The molecule has 0 spiro atoms. The van der Waals surface area contributed by atoms with Crippen LogP contribution in [0.4, 0.5) is 0 Å². The highest BCUT2D eigenvalue weighted by molar-refractivity contribution is 7.09. The number of nitrogens with one attached hydrogen (secondary N) is 1. The van der Waals surface area contributed by atoms with Crippen LogP contribution in [0.3, 0.4) is 0 Å². The van der Waals surface area contributed by atoms with Crippen LogP contribution in [-0.2, 0) is 22.6 Å². The van der Waals surface area contributed by atoms with Crippen molar-refractivity contribution in [1.29, 1.82) is 0 Å². The summed E-state index contributed by atoms with van der Waals surface area (Å²) in [6, 6.07) is 18.2. The fourth-order valence-corrected chi connectivity index (χ4v) is 4.34. The van der Waals surface area contributed by atoms with Crippen molar-refractivity contribution in [2.75, 3.05) is 13.1 Å². The van der Waals surface area contributed by atoms with Crippen LogP contribution in [0.5, 0.6) is 0 Å². The van der Waals surface area contributed by atoms with Crippen molar-refractivity contribution in [2.24, 2.45) is 5.92 Å². The minimum atomic E-state index is -0.267. The molecule has 1 atom stereocenters. The molecule has 1 N–H and O–H groups in total. The van der Waals surface area contributed by atoms with Gasteiger partial charge < -0.3 is 10.2 Å². The maximum Gasteiger partial charge on any atom is 0.225 e. The van der Waals surface area contributed by atoms with E-state index >= 15 is 0 Å². The smallest absolute Gasteiger partial charge is 0.225 e. The van der Waals surface area contributed by atoms with Crippen LogP contribution in [0.2, 0.25) is 0 Å². The number of nitrogens with zero attached hydrogens (tertiary/aromatic N) is 2. The first-order valence-corrected chi connectivity index (χ1v) is 11.1.